The summed E-state index contributed by atoms with van der Waals surface area (Å²) < 4.78 is 5.12. The van der Waals surface area contributed by atoms with Crippen LogP contribution in [0, 0.1) is 0 Å². The number of aliphatic imine (C=N–C) groups is 2. The van der Waals surface area contributed by atoms with Crippen molar-refractivity contribution < 1.29 is 9.53 Å². The third-order valence-corrected chi connectivity index (χ3v) is 1.98. The van der Waals surface area contributed by atoms with Crippen molar-refractivity contribution in [3.05, 3.63) is 18.2 Å². The van der Waals surface area contributed by atoms with Crippen LogP contribution in [0.4, 0.5) is 11.4 Å². The molecule has 0 heterocycles. The predicted molar refractivity (Wildman–Crippen MR) is 74.4 cm³/mol. The second kappa shape index (κ2) is 6.24. The summed E-state index contributed by atoms with van der Waals surface area (Å²) in [5.74, 6) is -0.0309. The van der Waals surface area contributed by atoms with Crippen LogP contribution in [0.3, 0.4) is 0 Å². The molecule has 1 amide bonds. The van der Waals surface area contributed by atoms with Crippen LogP contribution in [0.2, 0.25) is 0 Å². The van der Waals surface area contributed by atoms with Crippen molar-refractivity contribution in [2.24, 2.45) is 27.2 Å². The summed E-state index contributed by atoms with van der Waals surface area (Å²) in [4.78, 5) is 18.6. The first-order valence-electron chi connectivity index (χ1n) is 5.31. The Morgan fingerprint density at radius 1 is 1.32 bits per heavy atom. The predicted octanol–water partition coefficient (Wildman–Crippen LogP) is -0.127. The number of rotatable bonds is 3. The Bertz CT molecular complexity index is 534. The molecule has 1 aromatic rings. The average Bonchev–Trinajstić information content (AvgIpc) is 2.27. The number of hydrogen-bond acceptors (Lipinski definition) is 3. The number of carbonyl (C=O) groups excluding carboxylic acids is 1. The third kappa shape index (κ3) is 4.54. The van der Waals surface area contributed by atoms with E-state index in [1.165, 1.54) is 14.0 Å². The van der Waals surface area contributed by atoms with Crippen LogP contribution in [-0.2, 0) is 4.79 Å². The second-order valence-corrected chi connectivity index (χ2v) is 3.57. The first kappa shape index (κ1) is 14.3. The Morgan fingerprint density at radius 3 is 2.53 bits per heavy atom. The van der Waals surface area contributed by atoms with E-state index in [0.29, 0.717) is 17.1 Å². The van der Waals surface area contributed by atoms with Crippen LogP contribution in [0.15, 0.2) is 28.2 Å². The van der Waals surface area contributed by atoms with Crippen molar-refractivity contribution in [1.29, 1.82) is 0 Å². The lowest BCUT2D eigenvalue weighted by molar-refractivity contribution is -0.114. The Labute approximate surface area is 110 Å². The molecule has 0 atom stereocenters. The molecule has 102 valence electrons. The summed E-state index contributed by atoms with van der Waals surface area (Å²) in [6.07, 6.45) is 0. The normalized spacial score (nSPS) is 10.7. The summed E-state index contributed by atoms with van der Waals surface area (Å²) in [6, 6.07) is 4.91. The molecular weight excluding hydrogens is 248 g/mol. The summed E-state index contributed by atoms with van der Waals surface area (Å²) in [7, 11) is 1.49. The number of carbonyl (C=O) groups is 1. The van der Waals surface area contributed by atoms with Crippen molar-refractivity contribution in [2.75, 3.05) is 12.4 Å². The van der Waals surface area contributed by atoms with Gasteiger partial charge in [-0.15, -0.1) is 0 Å². The fraction of sp³-hybridized carbons (Fsp3) is 0.182. The number of methoxy groups -OCH3 is 1. The molecule has 0 saturated carbocycles. The molecule has 0 unspecified atom stereocenters. The molecule has 0 aliphatic rings. The summed E-state index contributed by atoms with van der Waals surface area (Å²) in [5.41, 5.74) is 16.9. The molecule has 0 spiro atoms. The van der Waals surface area contributed by atoms with Gasteiger partial charge in [0.25, 0.3) is 0 Å². The molecule has 0 saturated heterocycles. The quantitative estimate of drug-likeness (QED) is 0.444. The first-order chi connectivity index (χ1) is 8.92. The number of guanidine groups is 2. The standard InChI is InChI=1S/C11H16N6O2/c1-6(18)15-7-3-4-9(19-2)8(5-7)16-11(14)17-10(12)13/h3-5H,1-2H3,(H,15,18)(H6,12,13,14,16,17). The second-order valence-electron chi connectivity index (χ2n) is 3.57. The van der Waals surface area contributed by atoms with Gasteiger partial charge in [0.15, 0.2) is 5.96 Å². The minimum atomic E-state index is -0.197. The number of hydrogen-bond donors (Lipinski definition) is 4. The Morgan fingerprint density at radius 2 is 2.00 bits per heavy atom. The van der Waals surface area contributed by atoms with Crippen LogP contribution >= 0.6 is 0 Å². The molecule has 8 nitrogen and oxygen atoms in total. The smallest absolute Gasteiger partial charge is 0.223 e. The van der Waals surface area contributed by atoms with Crippen LogP contribution in [-0.4, -0.2) is 24.9 Å². The maximum Gasteiger partial charge on any atom is 0.223 e. The molecule has 0 aliphatic heterocycles. The zero-order valence-electron chi connectivity index (χ0n) is 10.7. The maximum absolute atomic E-state index is 11.0. The van der Waals surface area contributed by atoms with Gasteiger partial charge in [-0.3, -0.25) is 4.79 Å². The maximum atomic E-state index is 11.0. The Hall–Kier alpha value is -2.77. The van der Waals surface area contributed by atoms with Gasteiger partial charge in [-0.2, -0.15) is 4.99 Å². The van der Waals surface area contributed by atoms with E-state index in [-0.39, 0.29) is 17.8 Å². The minimum absolute atomic E-state index is 0.113. The monoisotopic (exact) mass is 264 g/mol. The van der Waals surface area contributed by atoms with Gasteiger partial charge < -0.3 is 27.3 Å². The number of amides is 1. The summed E-state index contributed by atoms with van der Waals surface area (Å²) in [6.45, 7) is 1.40. The van der Waals surface area contributed by atoms with Crippen molar-refractivity contribution in [3.63, 3.8) is 0 Å². The lowest BCUT2D eigenvalue weighted by atomic mass is 10.2. The van der Waals surface area contributed by atoms with Gasteiger partial charge in [0.2, 0.25) is 11.9 Å². The van der Waals surface area contributed by atoms with Gasteiger partial charge in [0.05, 0.1) is 7.11 Å². The Balaban J connectivity index is 3.16. The van der Waals surface area contributed by atoms with Crippen LogP contribution in [0.1, 0.15) is 6.92 Å². The molecule has 0 aromatic heterocycles. The number of nitrogens with one attached hydrogen (secondary N) is 1. The highest BCUT2D eigenvalue weighted by atomic mass is 16.5. The zero-order valence-corrected chi connectivity index (χ0v) is 10.7. The van der Waals surface area contributed by atoms with E-state index in [2.05, 4.69) is 15.3 Å². The minimum Gasteiger partial charge on any atom is -0.494 e. The fourth-order valence-electron chi connectivity index (χ4n) is 1.34. The van der Waals surface area contributed by atoms with Crippen molar-refractivity contribution in [1.82, 2.24) is 0 Å². The number of nitrogens with two attached hydrogens (primary N) is 3. The lowest BCUT2D eigenvalue weighted by Gasteiger charge is -2.08. The van der Waals surface area contributed by atoms with Gasteiger partial charge in [-0.05, 0) is 18.2 Å². The molecular formula is C11H16N6O2. The Kier molecular flexibility index (Phi) is 4.69. The zero-order chi connectivity index (χ0) is 14.4. The van der Waals surface area contributed by atoms with Gasteiger partial charge in [-0.25, -0.2) is 4.99 Å². The molecule has 0 radical (unpaired) electrons. The molecule has 0 fully saturated rings. The van der Waals surface area contributed by atoms with Crippen molar-refractivity contribution in [3.8, 4) is 5.75 Å². The van der Waals surface area contributed by atoms with Crippen LogP contribution in [0.5, 0.6) is 5.75 Å². The lowest BCUT2D eigenvalue weighted by Crippen LogP contribution is -2.26. The average molecular weight is 264 g/mol. The van der Waals surface area contributed by atoms with E-state index in [0.717, 1.165) is 0 Å². The van der Waals surface area contributed by atoms with Crippen LogP contribution < -0.4 is 27.3 Å². The number of anilines is 1. The molecule has 0 aliphatic carbocycles. The van der Waals surface area contributed by atoms with Gasteiger partial charge >= 0.3 is 0 Å². The highest BCUT2D eigenvalue weighted by Crippen LogP contribution is 2.30. The van der Waals surface area contributed by atoms with Gasteiger partial charge in [0.1, 0.15) is 11.4 Å². The van der Waals surface area contributed by atoms with E-state index >= 15 is 0 Å². The highest BCUT2D eigenvalue weighted by Gasteiger charge is 2.05. The van der Waals surface area contributed by atoms with E-state index < -0.39 is 0 Å². The summed E-state index contributed by atoms with van der Waals surface area (Å²) >= 11 is 0. The topological polar surface area (TPSA) is 141 Å². The molecule has 8 heteroatoms. The molecule has 7 N–H and O–H groups in total. The number of nitrogens with zero attached hydrogens (tertiary/aromatic N) is 2. The molecule has 1 rings (SSSR count). The fourth-order valence-corrected chi connectivity index (χ4v) is 1.34. The van der Waals surface area contributed by atoms with E-state index in [9.17, 15) is 4.79 Å². The molecule has 1 aromatic carbocycles. The SMILES string of the molecule is COc1ccc(NC(C)=O)cc1N=C(N)N=C(N)N. The van der Waals surface area contributed by atoms with Gasteiger partial charge in [-0.1, -0.05) is 0 Å². The first-order valence-corrected chi connectivity index (χ1v) is 5.31. The molecule has 0 bridgehead atoms. The third-order valence-electron chi connectivity index (χ3n) is 1.98. The largest absolute Gasteiger partial charge is 0.494 e. The van der Waals surface area contributed by atoms with Crippen molar-refractivity contribution >= 4 is 29.2 Å². The molecule has 19 heavy (non-hydrogen) atoms. The van der Waals surface area contributed by atoms with Gasteiger partial charge in [0, 0.05) is 12.6 Å². The number of ether oxygens (including phenoxy) is 1. The van der Waals surface area contributed by atoms with Crippen molar-refractivity contribution in [2.45, 2.75) is 6.92 Å². The van der Waals surface area contributed by atoms with Crippen LogP contribution in [0.25, 0.3) is 0 Å². The number of benzene rings is 1. The highest BCUT2D eigenvalue weighted by molar-refractivity contribution is 5.94. The summed E-state index contributed by atoms with van der Waals surface area (Å²) in [5, 5.41) is 2.62. The van der Waals surface area contributed by atoms with E-state index in [4.69, 9.17) is 21.9 Å². The van der Waals surface area contributed by atoms with E-state index in [1.54, 1.807) is 18.2 Å². The van der Waals surface area contributed by atoms with E-state index in [1.807, 2.05) is 0 Å².